The van der Waals surface area contributed by atoms with Gasteiger partial charge in [-0.05, 0) is 0 Å². The monoisotopic (exact) mass is 142 g/mol. The molecule has 0 saturated carbocycles. The normalized spacial score (nSPS) is 13.4. The van der Waals surface area contributed by atoms with Gasteiger partial charge in [0.25, 0.3) is 0 Å². The Bertz CT molecular complexity index is 174. The van der Waals surface area contributed by atoms with Crippen molar-refractivity contribution in [2.75, 3.05) is 6.54 Å². The number of aliphatic hydroxyl groups is 1. The highest BCUT2D eigenvalue weighted by Gasteiger charge is 2.04. The molecule has 1 rings (SSSR count). The van der Waals surface area contributed by atoms with Gasteiger partial charge in [-0.2, -0.15) is 0 Å². The van der Waals surface area contributed by atoms with Crippen molar-refractivity contribution in [3.05, 3.63) is 18.4 Å². The van der Waals surface area contributed by atoms with Crippen molar-refractivity contribution in [3.63, 3.8) is 0 Å². The number of rotatable bonds is 3. The van der Waals surface area contributed by atoms with Crippen LogP contribution in [0.5, 0.6) is 0 Å². The van der Waals surface area contributed by atoms with Crippen molar-refractivity contribution in [2.45, 2.75) is 12.5 Å². The summed E-state index contributed by atoms with van der Waals surface area (Å²) in [6, 6.07) is 0. The largest absolute Gasteiger partial charge is 0.448 e. The van der Waals surface area contributed by atoms with Gasteiger partial charge in [-0.15, -0.1) is 0 Å². The molecule has 1 aromatic rings. The highest BCUT2D eigenvalue weighted by molar-refractivity contribution is 4.90. The van der Waals surface area contributed by atoms with Crippen molar-refractivity contribution in [1.82, 2.24) is 4.98 Å². The zero-order valence-corrected chi connectivity index (χ0v) is 5.53. The smallest absolute Gasteiger partial charge is 0.180 e. The fraction of sp³-hybridized carbons (Fsp3) is 0.500. The van der Waals surface area contributed by atoms with Crippen molar-refractivity contribution in [1.29, 1.82) is 0 Å². The molecule has 1 atom stereocenters. The number of oxazole rings is 1. The molecule has 1 aromatic heterocycles. The molecule has 0 aliphatic rings. The molecule has 0 aliphatic carbocycles. The van der Waals surface area contributed by atoms with Gasteiger partial charge in [0, 0.05) is 13.0 Å². The first-order valence-corrected chi connectivity index (χ1v) is 3.08. The first-order valence-electron chi connectivity index (χ1n) is 3.08. The van der Waals surface area contributed by atoms with Crippen molar-refractivity contribution >= 4 is 0 Å². The number of aliphatic hydroxyl groups excluding tert-OH is 1. The van der Waals surface area contributed by atoms with E-state index in [1.54, 1.807) is 6.20 Å². The van der Waals surface area contributed by atoms with E-state index in [-0.39, 0.29) is 6.54 Å². The van der Waals surface area contributed by atoms with Gasteiger partial charge in [0.15, 0.2) is 6.39 Å². The molecule has 0 radical (unpaired) electrons. The summed E-state index contributed by atoms with van der Waals surface area (Å²) in [7, 11) is 0. The van der Waals surface area contributed by atoms with E-state index in [4.69, 9.17) is 15.3 Å². The van der Waals surface area contributed by atoms with Crippen molar-refractivity contribution in [3.8, 4) is 0 Å². The zero-order chi connectivity index (χ0) is 7.40. The molecule has 3 N–H and O–H groups in total. The van der Waals surface area contributed by atoms with Gasteiger partial charge in [-0.3, -0.25) is 0 Å². The number of hydrogen-bond donors (Lipinski definition) is 2. The molecule has 56 valence electrons. The van der Waals surface area contributed by atoms with E-state index in [1.807, 2.05) is 0 Å². The highest BCUT2D eigenvalue weighted by atomic mass is 16.3. The summed E-state index contributed by atoms with van der Waals surface area (Å²) in [5, 5.41) is 9.02. The topological polar surface area (TPSA) is 72.3 Å². The standard InChI is InChI=1S/C6H10N2O2/c7-2-5(9)1-6-3-8-4-10-6/h3-5,9H,1-2,7H2. The predicted octanol–water partition coefficient (Wildman–Crippen LogP) is -0.463. The fourth-order valence-electron chi connectivity index (χ4n) is 0.658. The third-order valence-electron chi connectivity index (χ3n) is 1.19. The van der Waals surface area contributed by atoms with E-state index in [2.05, 4.69) is 4.98 Å². The van der Waals surface area contributed by atoms with Gasteiger partial charge in [0.1, 0.15) is 5.76 Å². The van der Waals surface area contributed by atoms with Crippen LogP contribution in [0.1, 0.15) is 5.76 Å². The van der Waals surface area contributed by atoms with E-state index < -0.39 is 6.10 Å². The third kappa shape index (κ3) is 1.82. The summed E-state index contributed by atoms with van der Waals surface area (Å²) >= 11 is 0. The lowest BCUT2D eigenvalue weighted by Crippen LogP contribution is -2.21. The Hall–Kier alpha value is -0.870. The summed E-state index contributed by atoms with van der Waals surface area (Å²) in [6.45, 7) is 0.251. The van der Waals surface area contributed by atoms with Gasteiger partial charge in [-0.1, -0.05) is 0 Å². The number of nitrogens with zero attached hydrogens (tertiary/aromatic N) is 1. The molecule has 0 bridgehead atoms. The van der Waals surface area contributed by atoms with Crippen LogP contribution < -0.4 is 5.73 Å². The van der Waals surface area contributed by atoms with Crippen LogP contribution in [0.15, 0.2) is 17.0 Å². The first kappa shape index (κ1) is 7.24. The molecule has 4 heteroatoms. The minimum atomic E-state index is -0.520. The van der Waals surface area contributed by atoms with Crippen LogP contribution in [-0.4, -0.2) is 22.7 Å². The van der Waals surface area contributed by atoms with Crippen LogP contribution in [0, 0.1) is 0 Å². The predicted molar refractivity (Wildman–Crippen MR) is 35.3 cm³/mol. The Kier molecular flexibility index (Phi) is 2.42. The Morgan fingerprint density at radius 3 is 3.10 bits per heavy atom. The minimum Gasteiger partial charge on any atom is -0.448 e. The molecule has 0 amide bonds. The maximum absolute atomic E-state index is 9.02. The summed E-state index contributed by atoms with van der Waals surface area (Å²) < 4.78 is 4.88. The van der Waals surface area contributed by atoms with Crippen LogP contribution in [0.25, 0.3) is 0 Å². The second-order valence-corrected chi connectivity index (χ2v) is 2.06. The van der Waals surface area contributed by atoms with E-state index >= 15 is 0 Å². The van der Waals surface area contributed by atoms with Crippen LogP contribution in [0.4, 0.5) is 0 Å². The zero-order valence-electron chi connectivity index (χ0n) is 5.53. The average Bonchev–Trinajstić information content (AvgIpc) is 2.40. The van der Waals surface area contributed by atoms with Gasteiger partial charge < -0.3 is 15.3 Å². The molecular weight excluding hydrogens is 132 g/mol. The van der Waals surface area contributed by atoms with Gasteiger partial charge in [0.2, 0.25) is 0 Å². The second kappa shape index (κ2) is 3.34. The van der Waals surface area contributed by atoms with E-state index in [0.29, 0.717) is 12.2 Å². The average molecular weight is 142 g/mol. The molecule has 1 heterocycles. The van der Waals surface area contributed by atoms with Crippen LogP contribution in [0.2, 0.25) is 0 Å². The Morgan fingerprint density at radius 2 is 2.60 bits per heavy atom. The second-order valence-electron chi connectivity index (χ2n) is 2.06. The number of nitrogens with two attached hydrogens (primary N) is 1. The lowest BCUT2D eigenvalue weighted by atomic mass is 10.2. The van der Waals surface area contributed by atoms with Gasteiger partial charge >= 0.3 is 0 Å². The quantitative estimate of drug-likeness (QED) is 0.598. The van der Waals surface area contributed by atoms with Crippen LogP contribution in [0.3, 0.4) is 0 Å². The van der Waals surface area contributed by atoms with Crippen LogP contribution in [-0.2, 0) is 6.42 Å². The highest BCUT2D eigenvalue weighted by Crippen LogP contribution is 1.99. The van der Waals surface area contributed by atoms with Crippen molar-refractivity contribution in [2.24, 2.45) is 5.73 Å². The molecule has 10 heavy (non-hydrogen) atoms. The van der Waals surface area contributed by atoms with E-state index in [0.717, 1.165) is 0 Å². The molecule has 0 spiro atoms. The van der Waals surface area contributed by atoms with E-state index in [9.17, 15) is 0 Å². The van der Waals surface area contributed by atoms with Crippen LogP contribution >= 0.6 is 0 Å². The molecule has 4 nitrogen and oxygen atoms in total. The Balaban J connectivity index is 2.40. The summed E-state index contributed by atoms with van der Waals surface area (Å²) in [5.74, 6) is 0.665. The van der Waals surface area contributed by atoms with E-state index in [1.165, 1.54) is 6.39 Å². The summed E-state index contributed by atoms with van der Waals surface area (Å²) in [5.41, 5.74) is 5.18. The molecule has 0 aliphatic heterocycles. The molecule has 0 saturated heterocycles. The Morgan fingerprint density at radius 1 is 1.80 bits per heavy atom. The Labute approximate surface area is 58.7 Å². The maximum atomic E-state index is 9.02. The molecule has 0 aromatic carbocycles. The number of aromatic nitrogens is 1. The van der Waals surface area contributed by atoms with Crippen molar-refractivity contribution < 1.29 is 9.52 Å². The SMILES string of the molecule is NCC(O)Cc1cnco1. The molecular formula is C6H10N2O2. The molecule has 1 unspecified atom stereocenters. The minimum absolute atomic E-state index is 0.251. The van der Waals surface area contributed by atoms with Gasteiger partial charge in [0.05, 0.1) is 12.3 Å². The number of hydrogen-bond acceptors (Lipinski definition) is 4. The first-order chi connectivity index (χ1) is 4.83. The summed E-state index contributed by atoms with van der Waals surface area (Å²) in [6.07, 6.45) is 2.82. The maximum Gasteiger partial charge on any atom is 0.180 e. The lowest BCUT2D eigenvalue weighted by Gasteiger charge is -2.02. The third-order valence-corrected chi connectivity index (χ3v) is 1.19. The summed E-state index contributed by atoms with van der Waals surface area (Å²) in [4.78, 5) is 3.69. The fourth-order valence-corrected chi connectivity index (χ4v) is 0.658. The molecule has 0 fully saturated rings. The van der Waals surface area contributed by atoms with Gasteiger partial charge in [-0.25, -0.2) is 4.98 Å². The lowest BCUT2D eigenvalue weighted by molar-refractivity contribution is 0.175.